The van der Waals surface area contributed by atoms with Crippen LogP contribution in [0.5, 0.6) is 0 Å². The molecule has 122 valence electrons. The second kappa shape index (κ2) is 7.09. The van der Waals surface area contributed by atoms with E-state index in [-0.39, 0.29) is 5.56 Å². The van der Waals surface area contributed by atoms with E-state index in [0.717, 1.165) is 38.2 Å². The fourth-order valence-electron chi connectivity index (χ4n) is 3.50. The van der Waals surface area contributed by atoms with Crippen molar-refractivity contribution in [3.8, 4) is 0 Å². The highest BCUT2D eigenvalue weighted by molar-refractivity contribution is 5.19. The summed E-state index contributed by atoms with van der Waals surface area (Å²) in [6.07, 6.45) is 2.16. The molecule has 1 aliphatic heterocycles. The van der Waals surface area contributed by atoms with Crippen LogP contribution in [0.15, 0.2) is 41.2 Å². The molecule has 1 aromatic carbocycles. The molecule has 1 unspecified atom stereocenters. The largest absolute Gasteiger partial charge is 0.311 e. The van der Waals surface area contributed by atoms with Crippen molar-refractivity contribution in [1.29, 1.82) is 0 Å². The van der Waals surface area contributed by atoms with Crippen LogP contribution in [0.3, 0.4) is 0 Å². The molecule has 1 fully saturated rings. The molecule has 2 aromatic rings. The van der Waals surface area contributed by atoms with Crippen molar-refractivity contribution in [2.24, 2.45) is 0 Å². The van der Waals surface area contributed by atoms with E-state index in [1.54, 1.807) is 6.07 Å². The van der Waals surface area contributed by atoms with Crippen molar-refractivity contribution in [2.75, 3.05) is 19.6 Å². The number of aromatic nitrogens is 2. The van der Waals surface area contributed by atoms with E-state index in [1.165, 1.54) is 5.56 Å². The Hall–Kier alpha value is -1.94. The van der Waals surface area contributed by atoms with Crippen LogP contribution in [0.2, 0.25) is 0 Å². The molecule has 1 aromatic heterocycles. The molecule has 0 amide bonds. The first-order chi connectivity index (χ1) is 11.1. The van der Waals surface area contributed by atoms with E-state index in [2.05, 4.69) is 52.1 Å². The van der Waals surface area contributed by atoms with Crippen molar-refractivity contribution in [3.05, 3.63) is 63.8 Å². The zero-order valence-corrected chi connectivity index (χ0v) is 14.0. The Bertz CT molecular complexity index is 687. The van der Waals surface area contributed by atoms with Gasteiger partial charge in [-0.2, -0.15) is 0 Å². The van der Waals surface area contributed by atoms with Gasteiger partial charge in [0.05, 0.1) is 5.69 Å². The van der Waals surface area contributed by atoms with Gasteiger partial charge < -0.3 is 9.88 Å². The number of aromatic amines is 1. The van der Waals surface area contributed by atoms with Gasteiger partial charge in [-0.05, 0) is 44.3 Å². The number of likely N-dealkylation sites (tertiary alicyclic amines) is 1. The van der Waals surface area contributed by atoms with Crippen molar-refractivity contribution in [2.45, 2.75) is 38.5 Å². The Balaban J connectivity index is 1.57. The van der Waals surface area contributed by atoms with E-state index in [4.69, 9.17) is 0 Å². The molecule has 4 nitrogen and oxygen atoms in total. The Morgan fingerprint density at radius 1 is 1.26 bits per heavy atom. The van der Waals surface area contributed by atoms with Crippen molar-refractivity contribution in [1.82, 2.24) is 14.9 Å². The summed E-state index contributed by atoms with van der Waals surface area (Å²) in [5.74, 6) is 1.68. The van der Waals surface area contributed by atoms with Crippen LogP contribution >= 0.6 is 0 Å². The molecular formula is C19H25N3O. The third-order valence-corrected chi connectivity index (χ3v) is 4.79. The summed E-state index contributed by atoms with van der Waals surface area (Å²) < 4.78 is 0. The monoisotopic (exact) mass is 311 g/mol. The molecule has 23 heavy (non-hydrogen) atoms. The zero-order chi connectivity index (χ0) is 16.2. The normalized spacial score (nSPS) is 18.0. The van der Waals surface area contributed by atoms with Crippen LogP contribution in [0.4, 0.5) is 0 Å². The van der Waals surface area contributed by atoms with Gasteiger partial charge in [0.25, 0.3) is 5.56 Å². The second-order valence-corrected chi connectivity index (χ2v) is 6.64. The van der Waals surface area contributed by atoms with Crippen molar-refractivity contribution in [3.63, 3.8) is 0 Å². The number of aryl methyl sites for hydroxylation is 1. The number of benzene rings is 1. The predicted octanol–water partition coefficient (Wildman–Crippen LogP) is 3.06. The van der Waals surface area contributed by atoms with E-state index in [9.17, 15) is 4.79 Å². The lowest BCUT2D eigenvalue weighted by Gasteiger charge is -2.33. The summed E-state index contributed by atoms with van der Waals surface area (Å²) in [7, 11) is 0. The number of nitrogens with zero attached hydrogens (tertiary/aromatic N) is 2. The molecule has 0 aliphatic carbocycles. The second-order valence-electron chi connectivity index (χ2n) is 6.64. The molecule has 2 heterocycles. The maximum absolute atomic E-state index is 11.6. The average Bonchev–Trinajstić information content (AvgIpc) is 2.55. The molecule has 3 rings (SSSR count). The topological polar surface area (TPSA) is 49.0 Å². The SMILES string of the molecule is Cc1nc(C2CCN(CC(C)c3ccccc3)CC2)cc(=O)[nH]1. The van der Waals surface area contributed by atoms with Crippen LogP contribution in [0, 0.1) is 6.92 Å². The third-order valence-electron chi connectivity index (χ3n) is 4.79. The maximum atomic E-state index is 11.6. The number of H-pyrrole nitrogens is 1. The van der Waals surface area contributed by atoms with E-state index < -0.39 is 0 Å². The molecular weight excluding hydrogens is 286 g/mol. The molecule has 1 aliphatic rings. The minimum absolute atomic E-state index is 0.0346. The van der Waals surface area contributed by atoms with Gasteiger partial charge in [0.15, 0.2) is 0 Å². The first kappa shape index (κ1) is 15.9. The third kappa shape index (κ3) is 4.08. The number of piperidine rings is 1. The summed E-state index contributed by atoms with van der Waals surface area (Å²) in [5.41, 5.74) is 2.33. The molecule has 0 saturated carbocycles. The van der Waals surface area contributed by atoms with Crippen LogP contribution in [-0.4, -0.2) is 34.5 Å². The average molecular weight is 311 g/mol. The highest BCUT2D eigenvalue weighted by Gasteiger charge is 2.23. The number of nitrogens with one attached hydrogen (secondary N) is 1. The van der Waals surface area contributed by atoms with Crippen LogP contribution in [0.1, 0.15) is 48.7 Å². The number of hydrogen-bond donors (Lipinski definition) is 1. The summed E-state index contributed by atoms with van der Waals surface area (Å²) >= 11 is 0. The van der Waals surface area contributed by atoms with Gasteiger partial charge in [-0.15, -0.1) is 0 Å². The standard InChI is InChI=1S/C19H25N3O/c1-14(16-6-4-3-5-7-16)13-22-10-8-17(9-11-22)18-12-19(23)21-15(2)20-18/h3-7,12,14,17H,8-11,13H2,1-2H3,(H,20,21,23). The Morgan fingerprint density at radius 2 is 1.96 bits per heavy atom. The quantitative estimate of drug-likeness (QED) is 0.944. The van der Waals surface area contributed by atoms with Gasteiger partial charge in [-0.1, -0.05) is 37.3 Å². The lowest BCUT2D eigenvalue weighted by atomic mass is 9.92. The van der Waals surface area contributed by atoms with Gasteiger partial charge in [-0.25, -0.2) is 4.98 Å². The fraction of sp³-hybridized carbons (Fsp3) is 0.474. The first-order valence-electron chi connectivity index (χ1n) is 8.47. The van der Waals surface area contributed by atoms with Crippen molar-refractivity contribution < 1.29 is 0 Å². The molecule has 4 heteroatoms. The lowest BCUT2D eigenvalue weighted by Crippen LogP contribution is -2.36. The van der Waals surface area contributed by atoms with Crippen molar-refractivity contribution >= 4 is 0 Å². The first-order valence-corrected chi connectivity index (χ1v) is 8.47. The van der Waals surface area contributed by atoms with Gasteiger partial charge in [0, 0.05) is 18.5 Å². The Labute approximate surface area is 137 Å². The maximum Gasteiger partial charge on any atom is 0.251 e. The highest BCUT2D eigenvalue weighted by atomic mass is 16.1. The van der Waals surface area contributed by atoms with Crippen LogP contribution < -0.4 is 5.56 Å². The summed E-state index contributed by atoms with van der Waals surface area (Å²) in [6, 6.07) is 12.4. The van der Waals surface area contributed by atoms with Gasteiger partial charge in [0.2, 0.25) is 0 Å². The Kier molecular flexibility index (Phi) is 4.91. The smallest absolute Gasteiger partial charge is 0.251 e. The summed E-state index contributed by atoms with van der Waals surface area (Å²) in [5, 5.41) is 0. The van der Waals surface area contributed by atoms with E-state index in [0.29, 0.717) is 17.7 Å². The van der Waals surface area contributed by atoms with E-state index >= 15 is 0 Å². The molecule has 0 bridgehead atoms. The number of rotatable bonds is 4. The van der Waals surface area contributed by atoms with Gasteiger partial charge in [-0.3, -0.25) is 4.79 Å². The zero-order valence-electron chi connectivity index (χ0n) is 14.0. The molecule has 1 atom stereocenters. The van der Waals surface area contributed by atoms with Crippen LogP contribution in [-0.2, 0) is 0 Å². The van der Waals surface area contributed by atoms with E-state index in [1.807, 2.05) is 6.92 Å². The predicted molar refractivity (Wildman–Crippen MR) is 92.9 cm³/mol. The Morgan fingerprint density at radius 3 is 2.61 bits per heavy atom. The molecule has 0 radical (unpaired) electrons. The molecule has 0 spiro atoms. The molecule has 1 saturated heterocycles. The fourth-order valence-corrected chi connectivity index (χ4v) is 3.50. The van der Waals surface area contributed by atoms with Gasteiger partial charge >= 0.3 is 0 Å². The molecule has 1 N–H and O–H groups in total. The minimum Gasteiger partial charge on any atom is -0.311 e. The van der Waals surface area contributed by atoms with Gasteiger partial charge in [0.1, 0.15) is 5.82 Å². The summed E-state index contributed by atoms with van der Waals surface area (Å²) in [4.78, 5) is 21.4. The number of hydrogen-bond acceptors (Lipinski definition) is 3. The summed E-state index contributed by atoms with van der Waals surface area (Å²) in [6.45, 7) is 7.40. The highest BCUT2D eigenvalue weighted by Crippen LogP contribution is 2.27. The minimum atomic E-state index is -0.0346. The lowest BCUT2D eigenvalue weighted by molar-refractivity contribution is 0.202. The van der Waals surface area contributed by atoms with Crippen LogP contribution in [0.25, 0.3) is 0 Å².